The van der Waals surface area contributed by atoms with Crippen LogP contribution in [0.4, 0.5) is 8.78 Å². The second-order valence-electron chi connectivity index (χ2n) is 8.61. The number of ether oxygens (including phenoxy) is 1. The summed E-state index contributed by atoms with van der Waals surface area (Å²) in [7, 11) is -4.38. The minimum Gasteiger partial charge on any atom is -0.342 e. The molecule has 1 aliphatic heterocycles. The van der Waals surface area contributed by atoms with Crippen molar-refractivity contribution in [2.24, 2.45) is 5.14 Å². The molecule has 3 N–H and O–H groups in total. The third-order valence-electron chi connectivity index (χ3n) is 6.23. The Labute approximate surface area is 220 Å². The summed E-state index contributed by atoms with van der Waals surface area (Å²) in [6.07, 6.45) is 3.33. The fourth-order valence-corrected chi connectivity index (χ4v) is 5.39. The molecule has 4 heterocycles. The van der Waals surface area contributed by atoms with E-state index in [4.69, 9.17) is 15.1 Å². The molecule has 0 aliphatic carbocycles. The minimum atomic E-state index is -4.38. The fourth-order valence-electron chi connectivity index (χ4n) is 4.38. The van der Waals surface area contributed by atoms with Crippen LogP contribution >= 0.6 is 0 Å². The van der Waals surface area contributed by atoms with Crippen LogP contribution in [0.3, 0.4) is 0 Å². The van der Waals surface area contributed by atoms with Crippen LogP contribution in [0.1, 0.15) is 52.4 Å². The van der Waals surface area contributed by atoms with Gasteiger partial charge in [0.25, 0.3) is 0 Å². The third-order valence-corrected chi connectivity index (χ3v) is 7.59. The first kappa shape index (κ1) is 26.4. The van der Waals surface area contributed by atoms with Crippen LogP contribution in [0.25, 0.3) is 22.2 Å². The number of nitrogens with one attached hydrogen (secondary N) is 1. The van der Waals surface area contributed by atoms with E-state index in [0.717, 1.165) is 12.1 Å². The molecular weight excluding hydrogens is 534 g/mol. The summed E-state index contributed by atoms with van der Waals surface area (Å²) in [5, 5.41) is 20.1. The van der Waals surface area contributed by atoms with Crippen molar-refractivity contribution in [3.8, 4) is 17.2 Å². The molecule has 0 saturated carbocycles. The first-order valence-electron chi connectivity index (χ1n) is 11.6. The molecule has 2 atom stereocenters. The monoisotopic (exact) mass is 554 g/mol. The Morgan fingerprint density at radius 2 is 1.97 bits per heavy atom. The summed E-state index contributed by atoms with van der Waals surface area (Å²) in [6.45, 7) is 2.29. The van der Waals surface area contributed by atoms with Gasteiger partial charge < -0.3 is 4.74 Å². The van der Waals surface area contributed by atoms with Gasteiger partial charge in [-0.2, -0.15) is 10.4 Å². The fraction of sp³-hybridized carbons (Fsp3) is 0.250. The molecule has 2 unspecified atom stereocenters. The van der Waals surface area contributed by atoms with Crippen molar-refractivity contribution < 1.29 is 26.7 Å². The van der Waals surface area contributed by atoms with Crippen LogP contribution in [0.5, 0.6) is 0 Å². The molecule has 4 aromatic rings. The number of nitrogens with zero attached hydrogens (tertiary/aromatic N) is 6. The van der Waals surface area contributed by atoms with Gasteiger partial charge in [0.2, 0.25) is 28.0 Å². The number of pyridine rings is 1. The molecule has 1 saturated heterocycles. The molecule has 3 aromatic heterocycles. The maximum absolute atomic E-state index is 15.6. The Morgan fingerprint density at radius 3 is 2.59 bits per heavy atom. The predicted octanol–water partition coefficient (Wildman–Crippen LogP) is 2.08. The van der Waals surface area contributed by atoms with Crippen LogP contribution < -0.4 is 10.5 Å². The van der Waals surface area contributed by atoms with Gasteiger partial charge in [-0.1, -0.05) is 6.92 Å². The zero-order valence-electron chi connectivity index (χ0n) is 20.3. The predicted molar refractivity (Wildman–Crippen MR) is 132 cm³/mol. The number of nitriles is 1. The van der Waals surface area contributed by atoms with Gasteiger partial charge in [-0.25, -0.2) is 42.0 Å². The molecule has 5 rings (SSSR count). The lowest BCUT2D eigenvalue weighted by atomic mass is 9.99. The molecule has 39 heavy (non-hydrogen) atoms. The van der Waals surface area contributed by atoms with E-state index in [2.05, 4.69) is 25.4 Å². The number of fused-ring (bicyclic) bond motifs is 1. The molecule has 12 nitrogen and oxygen atoms in total. The zero-order chi connectivity index (χ0) is 27.9. The lowest BCUT2D eigenvalue weighted by Gasteiger charge is -2.16. The number of rotatable bonds is 7. The van der Waals surface area contributed by atoms with Gasteiger partial charge in [0.1, 0.15) is 28.6 Å². The quantitative estimate of drug-likeness (QED) is 0.321. The lowest BCUT2D eigenvalue weighted by Crippen LogP contribution is -2.24. The van der Waals surface area contributed by atoms with E-state index in [0.29, 0.717) is 24.3 Å². The molecule has 1 aliphatic rings. The van der Waals surface area contributed by atoms with Crippen molar-refractivity contribution >= 4 is 26.8 Å². The Kier molecular flexibility index (Phi) is 6.87. The van der Waals surface area contributed by atoms with E-state index in [9.17, 15) is 17.6 Å². The summed E-state index contributed by atoms with van der Waals surface area (Å²) < 4.78 is 61.3. The average molecular weight is 555 g/mol. The maximum atomic E-state index is 15.6. The average Bonchev–Trinajstić information content (AvgIpc) is 3.58. The molecule has 200 valence electrons. The van der Waals surface area contributed by atoms with Crippen LogP contribution in [0.2, 0.25) is 0 Å². The highest BCUT2D eigenvalue weighted by molar-refractivity contribution is 7.89. The number of hydrogen-bond donors (Lipinski definition) is 2. The molecule has 0 amide bonds. The molecular formula is C24H20F2N8O4S. The van der Waals surface area contributed by atoms with E-state index < -0.39 is 50.2 Å². The van der Waals surface area contributed by atoms with Gasteiger partial charge in [-0.15, -0.1) is 0 Å². The number of aromatic nitrogens is 5. The van der Waals surface area contributed by atoms with E-state index in [1.807, 2.05) is 6.07 Å². The smallest absolute Gasteiger partial charge is 0.232 e. The van der Waals surface area contributed by atoms with Crippen molar-refractivity contribution in [2.75, 3.05) is 13.2 Å². The molecule has 0 radical (unpaired) electrons. The highest BCUT2D eigenvalue weighted by Gasteiger charge is 2.33. The SMILES string of the molecule is CCC(c1c(F)ccc(C(=O)c2nn(C3NCCO3)c3ncc(-c4cnc(C#N)nc4)cc23)c1F)S(N)(=O)=O. The normalized spacial score (nSPS) is 16.3. The van der Waals surface area contributed by atoms with Gasteiger partial charge in [0.15, 0.2) is 5.65 Å². The van der Waals surface area contributed by atoms with Gasteiger partial charge in [-0.05, 0) is 24.6 Å². The second kappa shape index (κ2) is 10.2. The largest absolute Gasteiger partial charge is 0.342 e. The van der Waals surface area contributed by atoms with Crippen LogP contribution in [-0.4, -0.2) is 52.1 Å². The summed E-state index contributed by atoms with van der Waals surface area (Å²) in [5.41, 5.74) is -0.446. The van der Waals surface area contributed by atoms with Crippen LogP contribution in [0, 0.1) is 23.0 Å². The van der Waals surface area contributed by atoms with Crippen molar-refractivity contribution in [3.05, 3.63) is 71.1 Å². The molecule has 1 fully saturated rings. The van der Waals surface area contributed by atoms with Crippen molar-refractivity contribution in [3.63, 3.8) is 0 Å². The Bertz CT molecular complexity index is 1750. The van der Waals surface area contributed by atoms with Crippen LogP contribution in [-0.2, 0) is 14.8 Å². The van der Waals surface area contributed by atoms with E-state index in [1.54, 1.807) is 6.07 Å². The Morgan fingerprint density at radius 1 is 1.26 bits per heavy atom. The lowest BCUT2D eigenvalue weighted by molar-refractivity contribution is 0.0372. The number of sulfonamides is 1. The van der Waals surface area contributed by atoms with Crippen LogP contribution in [0.15, 0.2) is 36.8 Å². The summed E-state index contributed by atoms with van der Waals surface area (Å²) in [4.78, 5) is 26.0. The van der Waals surface area contributed by atoms with E-state index in [1.165, 1.54) is 30.2 Å². The first-order chi connectivity index (χ1) is 18.6. The summed E-state index contributed by atoms with van der Waals surface area (Å²) in [5.74, 6) is -3.46. The van der Waals surface area contributed by atoms with E-state index in [-0.39, 0.29) is 29.0 Å². The van der Waals surface area contributed by atoms with Gasteiger partial charge >= 0.3 is 0 Å². The van der Waals surface area contributed by atoms with Gasteiger partial charge in [0, 0.05) is 41.8 Å². The van der Waals surface area contributed by atoms with E-state index >= 15 is 4.39 Å². The highest BCUT2D eigenvalue weighted by atomic mass is 32.2. The molecule has 0 spiro atoms. The number of carbonyl (C=O) groups excluding carboxylic acids is 1. The number of ketones is 1. The molecule has 0 bridgehead atoms. The number of nitrogens with two attached hydrogens (primary N) is 1. The molecule has 1 aromatic carbocycles. The maximum Gasteiger partial charge on any atom is 0.232 e. The number of primary sulfonamides is 1. The second-order valence-corrected chi connectivity index (χ2v) is 10.4. The summed E-state index contributed by atoms with van der Waals surface area (Å²) in [6, 6.07) is 5.13. The van der Waals surface area contributed by atoms with Crippen molar-refractivity contribution in [2.45, 2.75) is 24.9 Å². The standard InChI is InChI=1S/C24H20F2N8O4S/c1-2-17(39(28,36)37)19-16(25)4-3-14(20(19)26)22(35)21-15-7-12(13-10-30-18(8-27)31-11-13)9-32-23(15)34(33-21)24-29-5-6-38-24/h3-4,7,9-11,17,24,29H,2,5-6H2,1H3,(H2,28,36,37). The van der Waals surface area contributed by atoms with Crippen molar-refractivity contribution in [1.82, 2.24) is 30.0 Å². The molecule has 15 heteroatoms. The Hall–Kier alpha value is -4.23. The topological polar surface area (TPSA) is 179 Å². The number of halogens is 2. The Balaban J connectivity index is 1.68. The summed E-state index contributed by atoms with van der Waals surface area (Å²) >= 11 is 0. The van der Waals surface area contributed by atoms with Crippen molar-refractivity contribution in [1.29, 1.82) is 5.26 Å². The highest BCUT2D eigenvalue weighted by Crippen LogP contribution is 2.33. The first-order valence-corrected chi connectivity index (χ1v) is 13.2. The number of benzene rings is 1. The van der Waals surface area contributed by atoms with Gasteiger partial charge in [0.05, 0.1) is 17.6 Å². The van der Waals surface area contributed by atoms with Gasteiger partial charge in [-0.3, -0.25) is 10.1 Å². The number of hydrogen-bond acceptors (Lipinski definition) is 10. The minimum absolute atomic E-state index is 0.0339. The third kappa shape index (κ3) is 4.74. The zero-order valence-corrected chi connectivity index (χ0v) is 21.1. The number of carbonyl (C=O) groups is 1.